The number of nitrogens with one attached hydrogen (secondary N) is 2. The number of H-pyrrole nitrogens is 2. The van der Waals surface area contributed by atoms with Crippen molar-refractivity contribution in [3.63, 3.8) is 0 Å². The molecule has 0 atom stereocenters. The Balaban J connectivity index is 0.00000168. The predicted octanol–water partition coefficient (Wildman–Crippen LogP) is 4.15. The van der Waals surface area contributed by atoms with Crippen LogP contribution in [-0.2, 0) is 17.1 Å². The van der Waals surface area contributed by atoms with Crippen LogP contribution in [0, 0.1) is 12.1 Å². The van der Waals surface area contributed by atoms with Gasteiger partial charge in [-0.25, -0.2) is 10.7 Å². The molecule has 25 heavy (non-hydrogen) atoms. The van der Waals surface area contributed by atoms with Crippen LogP contribution in [-0.4, -0.2) is 19.9 Å². The average molecular weight is 365 g/mol. The van der Waals surface area contributed by atoms with Crippen molar-refractivity contribution in [1.29, 1.82) is 0 Å². The minimum atomic E-state index is 0. The van der Waals surface area contributed by atoms with Crippen molar-refractivity contribution in [2.24, 2.45) is 0 Å². The third-order valence-electron chi connectivity index (χ3n) is 3.82. The fraction of sp³-hybridized carbons (Fsp3) is 0. The molecule has 8 bridgehead atoms. The van der Waals surface area contributed by atoms with Gasteiger partial charge in [-0.15, -0.1) is 11.8 Å². The maximum Gasteiger partial charge on any atom is 2.00 e. The van der Waals surface area contributed by atoms with Gasteiger partial charge in [-0.2, -0.15) is 0 Å². The number of hydrogen-bond donors (Lipinski definition) is 2. The molecule has 2 aliphatic heterocycles. The molecule has 0 saturated carbocycles. The van der Waals surface area contributed by atoms with Gasteiger partial charge in [0.1, 0.15) is 0 Å². The molecule has 0 saturated heterocycles. The summed E-state index contributed by atoms with van der Waals surface area (Å²) in [6.45, 7) is 0. The minimum absolute atomic E-state index is 0. The fourth-order valence-corrected chi connectivity index (χ4v) is 2.74. The van der Waals surface area contributed by atoms with Crippen molar-refractivity contribution in [2.45, 2.75) is 0 Å². The third kappa shape index (κ3) is 3.20. The Bertz CT molecular complexity index is 1220. The van der Waals surface area contributed by atoms with E-state index in [-0.39, 0.29) is 23.1 Å². The molecule has 5 rings (SSSR count). The summed E-state index contributed by atoms with van der Waals surface area (Å²) < 4.78 is 8.05. The molecule has 0 aromatic carbocycles. The first-order valence-electron chi connectivity index (χ1n) is 8.11. The molecule has 4 nitrogen and oxygen atoms in total. The maximum atomic E-state index is 8.05. The van der Waals surface area contributed by atoms with E-state index in [0.717, 1.165) is 33.5 Å². The average Bonchev–Trinajstić information content (AvgIpc) is 3.33. The molecular weight excluding hydrogens is 352 g/mol. The van der Waals surface area contributed by atoms with Crippen molar-refractivity contribution < 1.29 is 18.4 Å². The first-order valence-corrected chi connectivity index (χ1v) is 7.61. The van der Waals surface area contributed by atoms with Gasteiger partial charge in [-0.05, 0) is 42.5 Å². The molecule has 0 unspecified atom stereocenters. The van der Waals surface area contributed by atoms with E-state index in [4.69, 9.17) is 1.37 Å². The van der Waals surface area contributed by atoms with Gasteiger partial charge in [-0.3, -0.25) is 12.1 Å². The summed E-state index contributed by atoms with van der Waals surface area (Å²) in [5, 5.41) is 0. The van der Waals surface area contributed by atoms with E-state index >= 15 is 0 Å². The molecule has 0 fully saturated rings. The Hall–Kier alpha value is -2.88. The van der Waals surface area contributed by atoms with E-state index < -0.39 is 0 Å². The van der Waals surface area contributed by atoms with Crippen LogP contribution in [0.2, 0.25) is 0 Å². The molecule has 0 radical (unpaired) electrons. The van der Waals surface area contributed by atoms with Gasteiger partial charge in [0.05, 0.1) is 11.4 Å². The van der Waals surface area contributed by atoms with Crippen molar-refractivity contribution in [1.82, 2.24) is 19.9 Å². The zero-order valence-electron chi connectivity index (χ0n) is 13.9. The Morgan fingerprint density at radius 3 is 2.20 bits per heavy atom. The standard InChI is InChI=1S/C20H12N4.Fe/c1-2-14-10-16-5-6-18(23-16)12-20-8-7-19(24-20)11-17-4-3-15(22-17)9-13(1)21-14;/h1-7,9-11,22-23H;/q-2;+2/i7D;. The molecule has 5 heteroatoms. The zero-order valence-corrected chi connectivity index (χ0v) is 14.0. The molecule has 0 aliphatic carbocycles. The summed E-state index contributed by atoms with van der Waals surface area (Å²) >= 11 is 0. The van der Waals surface area contributed by atoms with Gasteiger partial charge < -0.3 is 21.0 Å². The predicted molar refractivity (Wildman–Crippen MR) is 95.6 cm³/mol. The number of rotatable bonds is 0. The molecule has 5 heterocycles. The molecular formula is C20H12FeN4. The van der Waals surface area contributed by atoms with Crippen LogP contribution >= 0.6 is 0 Å². The van der Waals surface area contributed by atoms with Gasteiger partial charge in [-0.1, -0.05) is 11.6 Å². The molecule has 120 valence electrons. The summed E-state index contributed by atoms with van der Waals surface area (Å²) in [5.41, 5.74) is 6.42. The van der Waals surface area contributed by atoms with Crippen molar-refractivity contribution in [2.75, 3.05) is 0 Å². The van der Waals surface area contributed by atoms with Crippen LogP contribution in [0.3, 0.4) is 0 Å². The van der Waals surface area contributed by atoms with Gasteiger partial charge >= 0.3 is 17.1 Å². The van der Waals surface area contributed by atoms with E-state index in [1.165, 1.54) is 0 Å². The monoisotopic (exact) mass is 365 g/mol. The second kappa shape index (κ2) is 6.20. The maximum absolute atomic E-state index is 8.05. The van der Waals surface area contributed by atoms with E-state index in [1.807, 2.05) is 54.6 Å². The van der Waals surface area contributed by atoms with Crippen LogP contribution in [0.25, 0.3) is 40.3 Å². The summed E-state index contributed by atoms with van der Waals surface area (Å²) in [6.07, 6.45) is 6.91. The van der Waals surface area contributed by atoms with E-state index in [2.05, 4.69) is 32.1 Å². The summed E-state index contributed by atoms with van der Waals surface area (Å²) in [4.78, 5) is 15.6. The van der Waals surface area contributed by atoms with E-state index in [9.17, 15) is 0 Å². The Labute approximate surface area is 156 Å². The van der Waals surface area contributed by atoms with Crippen molar-refractivity contribution in [3.8, 4) is 0 Å². The first kappa shape index (κ1) is 14.5. The van der Waals surface area contributed by atoms with Crippen LogP contribution in [0.5, 0.6) is 0 Å². The summed E-state index contributed by atoms with van der Waals surface area (Å²) in [5.74, 6) is 0. The number of nitrogens with zero attached hydrogens (tertiary/aromatic N) is 2. The molecule has 3 aromatic rings. The Morgan fingerprint density at radius 2 is 1.44 bits per heavy atom. The second-order valence-corrected chi connectivity index (χ2v) is 5.64. The van der Waals surface area contributed by atoms with Crippen LogP contribution in [0.15, 0.2) is 42.5 Å². The molecule has 0 spiro atoms. The molecule has 2 aliphatic rings. The zero-order chi connectivity index (χ0) is 16.8. The van der Waals surface area contributed by atoms with E-state index in [1.54, 1.807) is 0 Å². The number of aromatic nitrogens is 4. The number of aromatic amines is 2. The normalized spacial score (nSPS) is 13.1. The minimum Gasteiger partial charge on any atom is -0.426 e. The number of hydrogen-bond acceptors (Lipinski definition) is 2. The quantitative estimate of drug-likeness (QED) is 0.363. The van der Waals surface area contributed by atoms with Crippen LogP contribution in [0.4, 0.5) is 0 Å². The molecule has 0 amide bonds. The first-order chi connectivity index (χ1) is 12.2. The SMILES string of the molecule is [2H]C1=[C-]c2[c-]c3ccc(cc4nc(cc5ccc(cc1n2)[nH]5)C=C4)[nH]3.[Fe+2]. The smallest absolute Gasteiger partial charge is 0.426 e. The Kier molecular flexibility index (Phi) is 3.59. The topological polar surface area (TPSA) is 57.4 Å². The van der Waals surface area contributed by atoms with Crippen molar-refractivity contribution >= 4 is 40.3 Å². The third-order valence-corrected chi connectivity index (χ3v) is 3.82. The van der Waals surface area contributed by atoms with Gasteiger partial charge in [0, 0.05) is 17.9 Å². The van der Waals surface area contributed by atoms with Crippen LogP contribution < -0.4 is 0 Å². The second-order valence-electron chi connectivity index (χ2n) is 5.64. The van der Waals surface area contributed by atoms with Gasteiger partial charge in [0.2, 0.25) is 0 Å². The van der Waals surface area contributed by atoms with Crippen LogP contribution in [0.1, 0.15) is 24.1 Å². The molecule has 3 aromatic heterocycles. The largest absolute Gasteiger partial charge is 2.00 e. The summed E-state index contributed by atoms with van der Waals surface area (Å²) in [7, 11) is 0. The Morgan fingerprint density at radius 1 is 0.800 bits per heavy atom. The van der Waals surface area contributed by atoms with E-state index in [0.29, 0.717) is 11.4 Å². The number of fused-ring (bicyclic) bond motifs is 8. The fourth-order valence-electron chi connectivity index (χ4n) is 2.74. The molecule has 2 N–H and O–H groups in total. The van der Waals surface area contributed by atoms with Crippen molar-refractivity contribution in [3.05, 3.63) is 77.4 Å². The summed E-state index contributed by atoms with van der Waals surface area (Å²) in [6, 6.07) is 17.0. The van der Waals surface area contributed by atoms with Gasteiger partial charge in [0.15, 0.2) is 0 Å². The van der Waals surface area contributed by atoms with Gasteiger partial charge in [0.25, 0.3) is 0 Å².